The summed E-state index contributed by atoms with van der Waals surface area (Å²) in [4.78, 5) is 28.6. The van der Waals surface area contributed by atoms with Crippen molar-refractivity contribution in [2.24, 2.45) is 9.98 Å². The number of carboxylic acids is 2. The van der Waals surface area contributed by atoms with Crippen LogP contribution in [-0.2, 0) is 11.3 Å². The number of carbonyl (C=O) groups is 2. The van der Waals surface area contributed by atoms with E-state index in [9.17, 15) is 18.0 Å². The molecule has 0 unspecified atom stereocenters. The van der Waals surface area contributed by atoms with Crippen molar-refractivity contribution in [2.75, 3.05) is 11.9 Å². The van der Waals surface area contributed by atoms with Gasteiger partial charge in [-0.3, -0.25) is 4.99 Å². The zero-order valence-corrected chi connectivity index (χ0v) is 17.5. The number of guanidine groups is 1. The Morgan fingerprint density at radius 3 is 2.31 bits per heavy atom. The van der Waals surface area contributed by atoms with E-state index in [4.69, 9.17) is 38.2 Å². The molecule has 0 saturated heterocycles. The van der Waals surface area contributed by atoms with Crippen molar-refractivity contribution in [1.82, 2.24) is 5.32 Å². The first-order valence-electron chi connectivity index (χ1n) is 8.64. The van der Waals surface area contributed by atoms with Gasteiger partial charge in [0.1, 0.15) is 12.4 Å². The van der Waals surface area contributed by atoms with E-state index in [2.05, 4.69) is 20.6 Å². The molecule has 0 amide bonds. The summed E-state index contributed by atoms with van der Waals surface area (Å²) in [7, 11) is 0. The van der Waals surface area contributed by atoms with Crippen molar-refractivity contribution in [1.29, 1.82) is 0 Å². The number of rotatable bonds is 4. The molecule has 13 heteroatoms. The van der Waals surface area contributed by atoms with Crippen LogP contribution in [0.1, 0.15) is 15.9 Å². The number of aliphatic carboxylic acids is 1. The Kier molecular flexibility index (Phi) is 8.44. The zero-order chi connectivity index (χ0) is 23.9. The number of nitrogens with zero attached hydrogens (tertiary/aromatic N) is 2. The summed E-state index contributed by atoms with van der Waals surface area (Å²) in [5.74, 6) is -2.47. The van der Waals surface area contributed by atoms with Crippen LogP contribution in [0, 0.1) is 0 Å². The first kappa shape index (κ1) is 25.0. The van der Waals surface area contributed by atoms with Crippen molar-refractivity contribution in [3.8, 4) is 0 Å². The lowest BCUT2D eigenvalue weighted by molar-refractivity contribution is -0.192. The van der Waals surface area contributed by atoms with Crippen molar-refractivity contribution >= 4 is 52.6 Å². The number of nitrogens with one attached hydrogen (secondary N) is 2. The number of carboxylic acid groups (broad SMARTS) is 2. The molecule has 8 nitrogen and oxygen atoms in total. The molecule has 0 saturated carbocycles. The minimum atomic E-state index is -5.08. The number of aliphatic imine (C=N–C) groups is 2. The van der Waals surface area contributed by atoms with Crippen LogP contribution < -0.4 is 10.6 Å². The van der Waals surface area contributed by atoms with Crippen LogP contribution in [0.4, 0.5) is 18.9 Å². The van der Waals surface area contributed by atoms with Crippen molar-refractivity contribution < 1.29 is 33.0 Å². The number of halogens is 5. The van der Waals surface area contributed by atoms with Crippen LogP contribution in [0.15, 0.2) is 52.4 Å². The van der Waals surface area contributed by atoms with Gasteiger partial charge in [-0.15, -0.1) is 0 Å². The fraction of sp³-hybridized carbons (Fsp3) is 0.158. The second-order valence-corrected chi connectivity index (χ2v) is 7.02. The minimum absolute atomic E-state index is 0.244. The number of aromatic carboxylic acids is 1. The molecule has 2 aromatic carbocycles. The summed E-state index contributed by atoms with van der Waals surface area (Å²) in [5, 5.41) is 23.3. The lowest BCUT2D eigenvalue weighted by Gasteiger charge is -2.08. The van der Waals surface area contributed by atoms with Gasteiger partial charge in [-0.25, -0.2) is 14.6 Å². The van der Waals surface area contributed by atoms with Crippen LogP contribution in [0.3, 0.4) is 0 Å². The van der Waals surface area contributed by atoms with Crippen molar-refractivity contribution in [3.05, 3.63) is 63.6 Å². The average molecular weight is 491 g/mol. The number of alkyl halides is 3. The van der Waals surface area contributed by atoms with Gasteiger partial charge in [0.15, 0.2) is 0 Å². The Morgan fingerprint density at radius 1 is 1.12 bits per heavy atom. The fourth-order valence-corrected chi connectivity index (χ4v) is 2.81. The first-order chi connectivity index (χ1) is 14.9. The third kappa shape index (κ3) is 8.08. The third-order valence-electron chi connectivity index (χ3n) is 3.64. The molecular weight excluding hydrogens is 476 g/mol. The summed E-state index contributed by atoms with van der Waals surface area (Å²) < 4.78 is 31.7. The van der Waals surface area contributed by atoms with Crippen LogP contribution in [0.2, 0.25) is 10.0 Å². The molecule has 4 N–H and O–H groups in total. The number of amidine groups is 1. The monoisotopic (exact) mass is 490 g/mol. The normalized spacial score (nSPS) is 14.2. The van der Waals surface area contributed by atoms with E-state index < -0.39 is 18.1 Å². The Labute approximate surface area is 189 Å². The third-order valence-corrected chi connectivity index (χ3v) is 4.08. The number of benzene rings is 2. The summed E-state index contributed by atoms with van der Waals surface area (Å²) in [5.41, 5.74) is 1.78. The number of hydrogen-bond acceptors (Lipinski definition) is 5. The molecule has 0 aromatic heterocycles. The van der Waals surface area contributed by atoms with E-state index in [1.54, 1.807) is 36.4 Å². The Hall–Kier alpha value is -3.31. The highest BCUT2D eigenvalue weighted by Crippen LogP contribution is 2.22. The molecule has 170 valence electrons. The maximum Gasteiger partial charge on any atom is 0.490 e. The molecule has 3 rings (SSSR count). The van der Waals surface area contributed by atoms with Crippen molar-refractivity contribution in [3.63, 3.8) is 0 Å². The van der Waals surface area contributed by atoms with Gasteiger partial charge in [0.2, 0.25) is 5.96 Å². The number of anilines is 1. The van der Waals surface area contributed by atoms with E-state index in [-0.39, 0.29) is 5.56 Å². The lowest BCUT2D eigenvalue weighted by Crippen LogP contribution is -2.30. The predicted molar refractivity (Wildman–Crippen MR) is 114 cm³/mol. The topological polar surface area (TPSA) is 123 Å². The summed E-state index contributed by atoms with van der Waals surface area (Å²) >= 11 is 11.9. The second-order valence-electron chi connectivity index (χ2n) is 6.14. The highest BCUT2D eigenvalue weighted by Gasteiger charge is 2.38. The average Bonchev–Trinajstić information content (AvgIpc) is 3.13. The first-order valence-corrected chi connectivity index (χ1v) is 9.40. The van der Waals surface area contributed by atoms with E-state index in [0.29, 0.717) is 34.9 Å². The standard InChI is InChI=1S/C17H14Cl2N4O2.C2HF3O2/c18-12-5-13(19)7-14(6-12)22-17-21-9-15(23-17)20-8-10-2-1-3-11(4-10)16(24)25;3-2(4,5)1(6)7/h1-7H,8-9H2,(H,24,25)(H2,20,21,22,23);(H,6,7). The molecule has 0 spiro atoms. The van der Waals surface area contributed by atoms with Gasteiger partial charge >= 0.3 is 18.1 Å². The van der Waals surface area contributed by atoms with E-state index in [1.807, 2.05) is 6.07 Å². The lowest BCUT2D eigenvalue weighted by atomic mass is 10.1. The van der Waals surface area contributed by atoms with Gasteiger partial charge in [-0.2, -0.15) is 13.2 Å². The summed E-state index contributed by atoms with van der Waals surface area (Å²) in [6.07, 6.45) is -5.08. The molecule has 0 atom stereocenters. The Balaban J connectivity index is 0.000000451. The van der Waals surface area contributed by atoms with Crippen LogP contribution in [-0.4, -0.2) is 46.7 Å². The highest BCUT2D eigenvalue weighted by atomic mass is 35.5. The largest absolute Gasteiger partial charge is 0.490 e. The van der Waals surface area contributed by atoms with Gasteiger partial charge in [-0.05, 0) is 35.9 Å². The van der Waals surface area contributed by atoms with Crippen molar-refractivity contribution in [2.45, 2.75) is 12.7 Å². The summed E-state index contributed by atoms with van der Waals surface area (Å²) in [6.45, 7) is 0.782. The molecule has 0 bridgehead atoms. The molecule has 2 aromatic rings. The Morgan fingerprint density at radius 2 is 1.75 bits per heavy atom. The molecular formula is C19H15Cl2F3N4O4. The SMILES string of the molecule is O=C(O)C(F)(F)F.O=C(O)c1cccc(CN=C2CN=C(Nc3cc(Cl)cc(Cl)c3)N2)c1. The molecule has 0 aliphatic carbocycles. The zero-order valence-electron chi connectivity index (χ0n) is 16.0. The second kappa shape index (κ2) is 10.8. The molecule has 1 heterocycles. The molecule has 32 heavy (non-hydrogen) atoms. The van der Waals surface area contributed by atoms with E-state index >= 15 is 0 Å². The smallest absolute Gasteiger partial charge is 0.478 e. The van der Waals surface area contributed by atoms with Gasteiger partial charge in [-0.1, -0.05) is 35.3 Å². The fourth-order valence-electron chi connectivity index (χ4n) is 2.28. The van der Waals surface area contributed by atoms with Crippen LogP contribution in [0.25, 0.3) is 0 Å². The van der Waals surface area contributed by atoms with Gasteiger partial charge < -0.3 is 20.8 Å². The van der Waals surface area contributed by atoms with Crippen LogP contribution >= 0.6 is 23.2 Å². The molecule has 0 fully saturated rings. The summed E-state index contributed by atoms with van der Waals surface area (Å²) in [6, 6.07) is 11.8. The van der Waals surface area contributed by atoms with Gasteiger partial charge in [0, 0.05) is 15.7 Å². The highest BCUT2D eigenvalue weighted by molar-refractivity contribution is 6.35. The van der Waals surface area contributed by atoms with Crippen LogP contribution in [0.5, 0.6) is 0 Å². The molecule has 1 aliphatic rings. The number of hydrogen-bond donors (Lipinski definition) is 4. The Bertz CT molecular complexity index is 1050. The van der Waals surface area contributed by atoms with E-state index in [0.717, 1.165) is 11.3 Å². The quantitative estimate of drug-likeness (QED) is 0.506. The maximum absolute atomic E-state index is 11.0. The maximum atomic E-state index is 11.0. The molecule has 1 aliphatic heterocycles. The van der Waals surface area contributed by atoms with Gasteiger partial charge in [0.25, 0.3) is 0 Å². The van der Waals surface area contributed by atoms with E-state index in [1.165, 1.54) is 0 Å². The predicted octanol–water partition coefficient (Wildman–Crippen LogP) is 4.29. The molecule has 0 radical (unpaired) electrons. The minimum Gasteiger partial charge on any atom is -0.478 e. The van der Waals surface area contributed by atoms with Gasteiger partial charge in [0.05, 0.1) is 12.1 Å².